The summed E-state index contributed by atoms with van der Waals surface area (Å²) in [6, 6.07) is 1.71. The molecule has 68 valence electrons. The van der Waals surface area contributed by atoms with Crippen LogP contribution in [0.3, 0.4) is 0 Å². The molecule has 3 nitrogen and oxygen atoms in total. The Bertz CT molecular complexity index is 228. The molecule has 0 fully saturated rings. The monoisotopic (exact) mass is 186 g/mol. The zero-order valence-corrected chi connectivity index (χ0v) is 8.27. The van der Waals surface area contributed by atoms with Gasteiger partial charge in [0.05, 0.1) is 5.69 Å². The van der Waals surface area contributed by atoms with E-state index in [1.54, 1.807) is 13.1 Å². The van der Waals surface area contributed by atoms with Crippen molar-refractivity contribution < 1.29 is 5.11 Å². The Balaban J connectivity index is 2.42. The zero-order chi connectivity index (χ0) is 8.97. The van der Waals surface area contributed by atoms with Crippen molar-refractivity contribution in [2.45, 2.75) is 19.1 Å². The largest absolute Gasteiger partial charge is 0.493 e. The molecule has 0 atom stereocenters. The van der Waals surface area contributed by atoms with E-state index in [2.05, 4.69) is 12.0 Å². The zero-order valence-electron chi connectivity index (χ0n) is 7.45. The summed E-state index contributed by atoms with van der Waals surface area (Å²) in [5.41, 5.74) is 0.952. The van der Waals surface area contributed by atoms with Gasteiger partial charge in [-0.15, -0.1) is 0 Å². The highest BCUT2D eigenvalue weighted by atomic mass is 32.2. The molecule has 1 heterocycles. The quantitative estimate of drug-likeness (QED) is 0.728. The molecule has 0 aromatic carbocycles. The summed E-state index contributed by atoms with van der Waals surface area (Å²) in [5.74, 6) is 2.28. The Kier molecular flexibility index (Phi) is 3.47. The SMILES string of the molecule is CCCSCc1cc(O)n(C)n1. The maximum atomic E-state index is 9.19. The molecule has 0 amide bonds. The molecule has 1 rings (SSSR count). The van der Waals surface area contributed by atoms with Crippen molar-refractivity contribution >= 4 is 11.8 Å². The number of rotatable bonds is 4. The van der Waals surface area contributed by atoms with Crippen molar-refractivity contribution in [3.8, 4) is 5.88 Å². The van der Waals surface area contributed by atoms with E-state index in [9.17, 15) is 5.11 Å². The van der Waals surface area contributed by atoms with Crippen LogP contribution >= 0.6 is 11.8 Å². The molecule has 0 aliphatic carbocycles. The number of nitrogens with zero attached hydrogens (tertiary/aromatic N) is 2. The van der Waals surface area contributed by atoms with Gasteiger partial charge >= 0.3 is 0 Å². The Labute approximate surface area is 76.8 Å². The predicted octanol–water partition coefficient (Wildman–Crippen LogP) is 1.77. The first-order chi connectivity index (χ1) is 5.74. The lowest BCUT2D eigenvalue weighted by atomic mass is 10.5. The lowest BCUT2D eigenvalue weighted by Gasteiger charge is -1.93. The maximum absolute atomic E-state index is 9.19. The predicted molar refractivity (Wildman–Crippen MR) is 51.3 cm³/mol. The van der Waals surface area contributed by atoms with E-state index >= 15 is 0 Å². The van der Waals surface area contributed by atoms with E-state index in [1.165, 1.54) is 11.1 Å². The van der Waals surface area contributed by atoms with Crippen LogP contribution < -0.4 is 0 Å². The number of hydrogen-bond donors (Lipinski definition) is 1. The number of aryl methyl sites for hydroxylation is 1. The van der Waals surface area contributed by atoms with Crippen LogP contribution in [0, 0.1) is 0 Å². The van der Waals surface area contributed by atoms with Gasteiger partial charge in [0, 0.05) is 18.9 Å². The summed E-state index contributed by atoms with van der Waals surface area (Å²) >= 11 is 1.84. The van der Waals surface area contributed by atoms with Crippen molar-refractivity contribution in [3.63, 3.8) is 0 Å². The van der Waals surface area contributed by atoms with Gasteiger partial charge in [-0.05, 0) is 12.2 Å². The molecular formula is C8H14N2OS. The van der Waals surface area contributed by atoms with Crippen molar-refractivity contribution in [1.29, 1.82) is 0 Å². The van der Waals surface area contributed by atoms with Gasteiger partial charge in [-0.2, -0.15) is 16.9 Å². The highest BCUT2D eigenvalue weighted by Crippen LogP contribution is 2.15. The fourth-order valence-electron chi connectivity index (χ4n) is 0.907. The standard InChI is InChI=1S/C8H14N2OS/c1-3-4-12-6-7-5-8(11)10(2)9-7/h5,11H,3-4,6H2,1-2H3. The normalized spacial score (nSPS) is 10.5. The van der Waals surface area contributed by atoms with Gasteiger partial charge < -0.3 is 5.11 Å². The summed E-state index contributed by atoms with van der Waals surface area (Å²) < 4.78 is 1.49. The first-order valence-corrected chi connectivity index (χ1v) is 5.19. The third-order valence-electron chi connectivity index (χ3n) is 1.50. The van der Waals surface area contributed by atoms with Crippen LogP contribution in [-0.4, -0.2) is 20.6 Å². The summed E-state index contributed by atoms with van der Waals surface area (Å²) in [4.78, 5) is 0. The topological polar surface area (TPSA) is 38.0 Å². The summed E-state index contributed by atoms with van der Waals surface area (Å²) in [6.07, 6.45) is 1.18. The van der Waals surface area contributed by atoms with E-state index in [4.69, 9.17) is 0 Å². The molecular weight excluding hydrogens is 172 g/mol. The van der Waals surface area contributed by atoms with Crippen LogP contribution in [0.2, 0.25) is 0 Å². The third kappa shape index (κ3) is 2.44. The minimum absolute atomic E-state index is 0.238. The van der Waals surface area contributed by atoms with Gasteiger partial charge in [-0.25, -0.2) is 4.68 Å². The van der Waals surface area contributed by atoms with Gasteiger partial charge in [0.15, 0.2) is 0 Å². The van der Waals surface area contributed by atoms with Crippen LogP contribution in [0.25, 0.3) is 0 Å². The number of aromatic nitrogens is 2. The minimum atomic E-state index is 0.238. The van der Waals surface area contributed by atoms with Crippen LogP contribution in [0.15, 0.2) is 6.07 Å². The smallest absolute Gasteiger partial charge is 0.209 e. The fourth-order valence-corrected chi connectivity index (χ4v) is 1.69. The minimum Gasteiger partial charge on any atom is -0.493 e. The molecule has 0 radical (unpaired) electrons. The molecule has 0 saturated carbocycles. The Morgan fingerprint density at radius 1 is 1.67 bits per heavy atom. The molecule has 0 saturated heterocycles. The maximum Gasteiger partial charge on any atom is 0.209 e. The molecule has 4 heteroatoms. The first-order valence-electron chi connectivity index (χ1n) is 4.03. The fraction of sp³-hybridized carbons (Fsp3) is 0.625. The van der Waals surface area contributed by atoms with Gasteiger partial charge in [0.1, 0.15) is 0 Å². The van der Waals surface area contributed by atoms with Crippen LogP contribution in [0.1, 0.15) is 19.0 Å². The van der Waals surface area contributed by atoms with Gasteiger partial charge in [0.2, 0.25) is 5.88 Å². The summed E-state index contributed by atoms with van der Waals surface area (Å²) in [6.45, 7) is 2.16. The average Bonchev–Trinajstić information content (AvgIpc) is 2.32. The molecule has 0 aliphatic heterocycles. The number of hydrogen-bond acceptors (Lipinski definition) is 3. The van der Waals surface area contributed by atoms with E-state index in [-0.39, 0.29) is 5.88 Å². The average molecular weight is 186 g/mol. The third-order valence-corrected chi connectivity index (χ3v) is 2.70. The molecule has 12 heavy (non-hydrogen) atoms. The number of aromatic hydroxyl groups is 1. The second-order valence-corrected chi connectivity index (χ2v) is 3.78. The molecule has 0 bridgehead atoms. The van der Waals surface area contributed by atoms with Crippen LogP contribution in [0.4, 0.5) is 0 Å². The summed E-state index contributed by atoms with van der Waals surface area (Å²) in [7, 11) is 1.74. The van der Waals surface area contributed by atoms with Gasteiger partial charge in [0.25, 0.3) is 0 Å². The van der Waals surface area contributed by atoms with Crippen molar-refractivity contribution in [2.75, 3.05) is 5.75 Å². The van der Waals surface area contributed by atoms with Crippen molar-refractivity contribution in [1.82, 2.24) is 9.78 Å². The Morgan fingerprint density at radius 3 is 2.92 bits per heavy atom. The molecule has 1 N–H and O–H groups in total. The van der Waals surface area contributed by atoms with Crippen LogP contribution in [0.5, 0.6) is 5.88 Å². The Hall–Kier alpha value is -0.640. The molecule has 1 aromatic heterocycles. The Morgan fingerprint density at radius 2 is 2.42 bits per heavy atom. The van der Waals surface area contributed by atoms with E-state index in [1.807, 2.05) is 11.8 Å². The van der Waals surface area contributed by atoms with Crippen molar-refractivity contribution in [2.24, 2.45) is 7.05 Å². The van der Waals surface area contributed by atoms with E-state index < -0.39 is 0 Å². The van der Waals surface area contributed by atoms with E-state index in [0.717, 1.165) is 17.2 Å². The van der Waals surface area contributed by atoms with E-state index in [0.29, 0.717) is 0 Å². The lowest BCUT2D eigenvalue weighted by molar-refractivity contribution is 0.419. The highest BCUT2D eigenvalue weighted by Gasteiger charge is 2.01. The number of thioether (sulfide) groups is 1. The van der Waals surface area contributed by atoms with Gasteiger partial charge in [-0.3, -0.25) is 0 Å². The molecule has 0 spiro atoms. The van der Waals surface area contributed by atoms with Gasteiger partial charge in [-0.1, -0.05) is 6.92 Å². The second-order valence-electron chi connectivity index (χ2n) is 2.67. The molecule has 0 aliphatic rings. The lowest BCUT2D eigenvalue weighted by Crippen LogP contribution is -1.90. The van der Waals surface area contributed by atoms with Crippen LogP contribution in [-0.2, 0) is 12.8 Å². The molecule has 0 unspecified atom stereocenters. The van der Waals surface area contributed by atoms with Crippen molar-refractivity contribution in [3.05, 3.63) is 11.8 Å². The molecule has 1 aromatic rings. The summed E-state index contributed by atoms with van der Waals surface area (Å²) in [5, 5.41) is 13.3. The highest BCUT2D eigenvalue weighted by molar-refractivity contribution is 7.98. The second kappa shape index (κ2) is 4.40. The first kappa shape index (κ1) is 9.45.